The summed E-state index contributed by atoms with van der Waals surface area (Å²) in [7, 11) is 0. The van der Waals surface area contributed by atoms with Crippen LogP contribution in [0.25, 0.3) is 0 Å². The Morgan fingerprint density at radius 2 is 1.90 bits per heavy atom. The van der Waals surface area contributed by atoms with Crippen LogP contribution in [0.15, 0.2) is 24.5 Å². The van der Waals surface area contributed by atoms with Crippen molar-refractivity contribution in [1.82, 2.24) is 9.97 Å². The molecule has 0 saturated carbocycles. The minimum absolute atomic E-state index is 0.675. The Balaban J connectivity index is 2.37. The number of anilines is 3. The molecule has 2 rings (SSSR count). The Labute approximate surface area is 119 Å². The maximum Gasteiger partial charge on any atom is 0.148 e. The van der Waals surface area contributed by atoms with Gasteiger partial charge in [-0.2, -0.15) is 0 Å². The fourth-order valence-electron chi connectivity index (χ4n) is 2.21. The van der Waals surface area contributed by atoms with Gasteiger partial charge in [0.25, 0.3) is 0 Å². The van der Waals surface area contributed by atoms with Gasteiger partial charge in [-0.25, -0.2) is 15.8 Å². The van der Waals surface area contributed by atoms with E-state index in [2.05, 4.69) is 59.7 Å². The summed E-state index contributed by atoms with van der Waals surface area (Å²) in [4.78, 5) is 8.51. The van der Waals surface area contributed by atoms with E-state index in [1.54, 1.807) is 0 Å². The summed E-state index contributed by atoms with van der Waals surface area (Å²) in [6.45, 7) is 6.28. The summed E-state index contributed by atoms with van der Waals surface area (Å²) in [5, 5.41) is 3.38. The van der Waals surface area contributed by atoms with Gasteiger partial charge in [-0.15, -0.1) is 0 Å². The fraction of sp³-hybridized carbons (Fsp3) is 0.333. The van der Waals surface area contributed by atoms with Gasteiger partial charge in [-0.3, -0.25) is 0 Å². The van der Waals surface area contributed by atoms with E-state index in [4.69, 9.17) is 5.84 Å². The standard InChI is InChI=1S/C15H21N5/c1-4-5-12-14(17-9-18-15(12)20-16)19-13-7-6-10(2)8-11(13)3/h6-9H,4-5,16H2,1-3H3,(H2,17,18,19,20). The second-order valence-electron chi connectivity index (χ2n) is 4.89. The predicted molar refractivity (Wildman–Crippen MR) is 83.0 cm³/mol. The number of aryl methyl sites for hydroxylation is 2. The molecule has 0 aliphatic heterocycles. The van der Waals surface area contributed by atoms with Crippen LogP contribution in [-0.2, 0) is 6.42 Å². The van der Waals surface area contributed by atoms with E-state index in [1.807, 2.05) is 0 Å². The van der Waals surface area contributed by atoms with Crippen molar-refractivity contribution in [2.45, 2.75) is 33.6 Å². The molecule has 0 atom stereocenters. The van der Waals surface area contributed by atoms with Gasteiger partial charge >= 0.3 is 0 Å². The van der Waals surface area contributed by atoms with E-state index in [-0.39, 0.29) is 0 Å². The van der Waals surface area contributed by atoms with Crippen LogP contribution in [0.4, 0.5) is 17.3 Å². The summed E-state index contributed by atoms with van der Waals surface area (Å²) in [5.41, 5.74) is 7.13. The monoisotopic (exact) mass is 271 g/mol. The molecule has 4 N–H and O–H groups in total. The SMILES string of the molecule is CCCc1c(NN)ncnc1Nc1ccc(C)cc1C. The highest BCUT2D eigenvalue weighted by atomic mass is 15.3. The number of aromatic nitrogens is 2. The number of hydrazine groups is 1. The first-order chi connectivity index (χ1) is 9.65. The number of hydrogen-bond acceptors (Lipinski definition) is 5. The lowest BCUT2D eigenvalue weighted by atomic mass is 10.1. The van der Waals surface area contributed by atoms with Crippen molar-refractivity contribution < 1.29 is 0 Å². The molecule has 0 fully saturated rings. The van der Waals surface area contributed by atoms with E-state index in [9.17, 15) is 0 Å². The average Bonchev–Trinajstić information content (AvgIpc) is 2.43. The molecule has 0 radical (unpaired) electrons. The van der Waals surface area contributed by atoms with Gasteiger partial charge in [0.1, 0.15) is 18.0 Å². The van der Waals surface area contributed by atoms with E-state index in [0.717, 1.165) is 29.9 Å². The number of rotatable bonds is 5. The molecule has 1 aromatic carbocycles. The van der Waals surface area contributed by atoms with Crippen LogP contribution >= 0.6 is 0 Å². The fourth-order valence-corrected chi connectivity index (χ4v) is 2.21. The van der Waals surface area contributed by atoms with E-state index in [0.29, 0.717) is 5.82 Å². The first-order valence-electron chi connectivity index (χ1n) is 6.80. The summed E-state index contributed by atoms with van der Waals surface area (Å²) in [6.07, 6.45) is 3.39. The lowest BCUT2D eigenvalue weighted by Crippen LogP contribution is -2.13. The second kappa shape index (κ2) is 6.34. The first-order valence-corrected chi connectivity index (χ1v) is 6.80. The van der Waals surface area contributed by atoms with Crippen molar-refractivity contribution in [1.29, 1.82) is 0 Å². The molecule has 20 heavy (non-hydrogen) atoms. The van der Waals surface area contributed by atoms with Crippen LogP contribution in [0.3, 0.4) is 0 Å². The molecule has 106 valence electrons. The van der Waals surface area contributed by atoms with E-state index < -0.39 is 0 Å². The zero-order valence-corrected chi connectivity index (χ0v) is 12.2. The van der Waals surface area contributed by atoms with Crippen LogP contribution in [0.2, 0.25) is 0 Å². The van der Waals surface area contributed by atoms with Gasteiger partial charge in [0, 0.05) is 11.3 Å². The molecule has 1 aromatic heterocycles. The molecule has 0 unspecified atom stereocenters. The molecule has 2 aromatic rings. The van der Waals surface area contributed by atoms with Crippen LogP contribution in [0.5, 0.6) is 0 Å². The molecule has 1 heterocycles. The number of nitrogens with two attached hydrogens (primary N) is 1. The van der Waals surface area contributed by atoms with Crippen molar-refractivity contribution in [2.24, 2.45) is 5.84 Å². The van der Waals surface area contributed by atoms with Crippen molar-refractivity contribution in [3.8, 4) is 0 Å². The molecular formula is C15H21N5. The Morgan fingerprint density at radius 1 is 1.15 bits per heavy atom. The Hall–Kier alpha value is -2.14. The minimum atomic E-state index is 0.675. The highest BCUT2D eigenvalue weighted by Gasteiger charge is 2.11. The molecule has 5 nitrogen and oxygen atoms in total. The lowest BCUT2D eigenvalue weighted by molar-refractivity contribution is 0.903. The number of nitrogens with zero attached hydrogens (tertiary/aromatic N) is 2. The first kappa shape index (κ1) is 14.3. The zero-order chi connectivity index (χ0) is 14.5. The number of nitrogen functional groups attached to an aromatic ring is 1. The third-order valence-corrected chi connectivity index (χ3v) is 3.22. The summed E-state index contributed by atoms with van der Waals surface area (Å²) < 4.78 is 0. The van der Waals surface area contributed by atoms with Crippen molar-refractivity contribution in [3.63, 3.8) is 0 Å². The smallest absolute Gasteiger partial charge is 0.148 e. The molecule has 0 spiro atoms. The predicted octanol–water partition coefficient (Wildman–Crippen LogP) is 3.08. The van der Waals surface area contributed by atoms with Crippen LogP contribution < -0.4 is 16.6 Å². The van der Waals surface area contributed by atoms with Crippen LogP contribution in [0.1, 0.15) is 30.0 Å². The number of hydrogen-bond donors (Lipinski definition) is 3. The molecule has 0 aliphatic carbocycles. The van der Waals surface area contributed by atoms with Crippen molar-refractivity contribution >= 4 is 17.3 Å². The normalized spacial score (nSPS) is 10.4. The number of benzene rings is 1. The largest absolute Gasteiger partial charge is 0.340 e. The van der Waals surface area contributed by atoms with Gasteiger partial charge in [0.05, 0.1) is 0 Å². The average molecular weight is 271 g/mol. The molecular weight excluding hydrogens is 250 g/mol. The van der Waals surface area contributed by atoms with Gasteiger partial charge in [-0.1, -0.05) is 31.0 Å². The Kier molecular flexibility index (Phi) is 4.53. The maximum atomic E-state index is 5.52. The summed E-state index contributed by atoms with van der Waals surface area (Å²) >= 11 is 0. The highest BCUT2D eigenvalue weighted by molar-refractivity contribution is 5.67. The summed E-state index contributed by atoms with van der Waals surface area (Å²) in [6, 6.07) is 6.29. The minimum Gasteiger partial charge on any atom is -0.340 e. The molecule has 0 amide bonds. The molecule has 5 heteroatoms. The zero-order valence-electron chi connectivity index (χ0n) is 12.2. The van der Waals surface area contributed by atoms with Gasteiger partial charge < -0.3 is 10.7 Å². The van der Waals surface area contributed by atoms with Crippen molar-refractivity contribution in [2.75, 3.05) is 10.7 Å². The van der Waals surface area contributed by atoms with Gasteiger partial charge in [0.15, 0.2) is 0 Å². The van der Waals surface area contributed by atoms with Gasteiger partial charge in [-0.05, 0) is 31.9 Å². The molecule has 0 aliphatic rings. The third kappa shape index (κ3) is 3.05. The quantitative estimate of drug-likeness (QED) is 0.575. The van der Waals surface area contributed by atoms with Crippen LogP contribution in [-0.4, -0.2) is 9.97 Å². The van der Waals surface area contributed by atoms with Crippen molar-refractivity contribution in [3.05, 3.63) is 41.2 Å². The third-order valence-electron chi connectivity index (χ3n) is 3.22. The lowest BCUT2D eigenvalue weighted by Gasteiger charge is -2.15. The Bertz CT molecular complexity index is 595. The topological polar surface area (TPSA) is 75.9 Å². The van der Waals surface area contributed by atoms with E-state index in [1.165, 1.54) is 17.5 Å². The molecule has 0 bridgehead atoms. The highest BCUT2D eigenvalue weighted by Crippen LogP contribution is 2.26. The van der Waals surface area contributed by atoms with Gasteiger partial charge in [0.2, 0.25) is 0 Å². The van der Waals surface area contributed by atoms with Crippen LogP contribution in [0, 0.1) is 13.8 Å². The second-order valence-corrected chi connectivity index (χ2v) is 4.89. The molecule has 0 saturated heterocycles. The summed E-state index contributed by atoms with van der Waals surface area (Å²) in [5.74, 6) is 7.01. The maximum absolute atomic E-state index is 5.52. The van der Waals surface area contributed by atoms with E-state index >= 15 is 0 Å². The number of nitrogens with one attached hydrogen (secondary N) is 2. The Morgan fingerprint density at radius 3 is 2.55 bits per heavy atom.